The van der Waals surface area contributed by atoms with Crippen LogP contribution in [0.4, 0.5) is 17.1 Å². The molecule has 0 saturated carbocycles. The van der Waals surface area contributed by atoms with Gasteiger partial charge in [0.1, 0.15) is 0 Å². The van der Waals surface area contributed by atoms with E-state index in [1.165, 1.54) is 80.8 Å². The van der Waals surface area contributed by atoms with Gasteiger partial charge in [-0.2, -0.15) is 0 Å². The Morgan fingerprint density at radius 1 is 0.429 bits per heavy atom. The highest BCUT2D eigenvalue weighted by Crippen LogP contribution is 2.51. The minimum atomic E-state index is -0.0793. The molecule has 49 heavy (non-hydrogen) atoms. The van der Waals surface area contributed by atoms with Crippen LogP contribution >= 0.6 is 11.3 Å². The van der Waals surface area contributed by atoms with Crippen molar-refractivity contribution in [3.05, 3.63) is 175 Å². The largest absolute Gasteiger partial charge is 0.310 e. The molecule has 0 saturated heterocycles. The number of thiophene rings is 1. The molecule has 232 valence electrons. The molecule has 0 radical (unpaired) electrons. The zero-order valence-corrected chi connectivity index (χ0v) is 28.3. The molecular weight excluding hydrogens is 611 g/mol. The SMILES string of the molecule is CC1(C)c2ccccc2-c2ccc(N(c3ccc(-c4ccc5ccccc5c4)cc3)c3ccc4c(c3)sc3c5ccccc5ccc43)cc21. The van der Waals surface area contributed by atoms with Crippen molar-refractivity contribution < 1.29 is 0 Å². The second-order valence-electron chi connectivity index (χ2n) is 13.8. The first kappa shape index (κ1) is 28.3. The van der Waals surface area contributed by atoms with Crippen molar-refractivity contribution in [1.82, 2.24) is 0 Å². The van der Waals surface area contributed by atoms with Gasteiger partial charge in [-0.3, -0.25) is 0 Å². The summed E-state index contributed by atoms with van der Waals surface area (Å²) < 4.78 is 2.66. The van der Waals surface area contributed by atoms with Gasteiger partial charge in [0.25, 0.3) is 0 Å². The van der Waals surface area contributed by atoms with Gasteiger partial charge in [0.05, 0.1) is 0 Å². The Hall–Kier alpha value is -5.70. The standard InChI is InChI=1S/C47H33NS/c1-47(2)43-14-8-7-13-39(43)40-25-22-36(28-44(40)47)48(35-20-17-31(18-21-35)34-16-15-30-9-3-4-11-33(30)27-34)37-23-26-41-42-24-19-32-10-5-6-12-38(32)46(42)49-45(41)29-37/h3-29H,1-2H3. The summed E-state index contributed by atoms with van der Waals surface area (Å²) in [4.78, 5) is 2.44. The Kier molecular flexibility index (Phi) is 6.16. The zero-order valence-electron chi connectivity index (χ0n) is 27.4. The van der Waals surface area contributed by atoms with Crippen molar-refractivity contribution in [1.29, 1.82) is 0 Å². The number of fused-ring (bicyclic) bond motifs is 9. The zero-order chi connectivity index (χ0) is 32.7. The third-order valence-electron chi connectivity index (χ3n) is 10.6. The van der Waals surface area contributed by atoms with Crippen LogP contribution in [0.5, 0.6) is 0 Å². The van der Waals surface area contributed by atoms with E-state index in [1.54, 1.807) is 0 Å². The predicted octanol–water partition coefficient (Wildman–Crippen LogP) is 13.8. The van der Waals surface area contributed by atoms with Gasteiger partial charge in [0, 0.05) is 42.6 Å². The van der Waals surface area contributed by atoms with Gasteiger partial charge in [-0.1, -0.05) is 135 Å². The Morgan fingerprint density at radius 3 is 1.94 bits per heavy atom. The van der Waals surface area contributed by atoms with E-state index < -0.39 is 0 Å². The second-order valence-corrected chi connectivity index (χ2v) is 14.8. The molecule has 0 N–H and O–H groups in total. The first-order valence-corrected chi connectivity index (χ1v) is 17.8. The summed E-state index contributed by atoms with van der Waals surface area (Å²) in [5.41, 5.74) is 11.3. The minimum Gasteiger partial charge on any atom is -0.310 e. The first-order valence-electron chi connectivity index (χ1n) is 17.0. The maximum absolute atomic E-state index is 2.44. The molecule has 0 spiro atoms. The van der Waals surface area contributed by atoms with Crippen LogP contribution in [0.1, 0.15) is 25.0 Å². The van der Waals surface area contributed by atoms with Gasteiger partial charge in [-0.25, -0.2) is 0 Å². The summed E-state index contributed by atoms with van der Waals surface area (Å²) >= 11 is 1.90. The fraction of sp³-hybridized carbons (Fsp3) is 0.0638. The third kappa shape index (κ3) is 4.38. The molecule has 1 nitrogen and oxygen atoms in total. The monoisotopic (exact) mass is 643 g/mol. The molecule has 9 aromatic rings. The summed E-state index contributed by atoms with van der Waals surface area (Å²) in [5, 5.41) is 7.78. The Morgan fingerprint density at radius 2 is 1.06 bits per heavy atom. The van der Waals surface area contributed by atoms with E-state index in [1.807, 2.05) is 11.3 Å². The molecule has 1 aliphatic rings. The molecule has 0 amide bonds. The van der Waals surface area contributed by atoms with Crippen LogP contribution in [0.2, 0.25) is 0 Å². The van der Waals surface area contributed by atoms with E-state index in [0.717, 1.165) is 11.4 Å². The third-order valence-corrected chi connectivity index (χ3v) is 11.8. The minimum absolute atomic E-state index is 0.0793. The maximum Gasteiger partial charge on any atom is 0.0476 e. The van der Waals surface area contributed by atoms with E-state index in [4.69, 9.17) is 0 Å². The normalized spacial score (nSPS) is 13.3. The lowest BCUT2D eigenvalue weighted by Gasteiger charge is -2.28. The number of nitrogens with zero attached hydrogens (tertiary/aromatic N) is 1. The lowest BCUT2D eigenvalue weighted by Crippen LogP contribution is -2.16. The smallest absolute Gasteiger partial charge is 0.0476 e. The molecular formula is C47H33NS. The van der Waals surface area contributed by atoms with Gasteiger partial charge < -0.3 is 4.90 Å². The number of hydrogen-bond acceptors (Lipinski definition) is 2. The quantitative estimate of drug-likeness (QED) is 0.184. The number of anilines is 3. The van der Waals surface area contributed by atoms with Crippen molar-refractivity contribution >= 4 is 70.1 Å². The Labute approximate surface area is 290 Å². The van der Waals surface area contributed by atoms with Crippen molar-refractivity contribution in [2.75, 3.05) is 4.90 Å². The van der Waals surface area contributed by atoms with Crippen molar-refractivity contribution in [2.45, 2.75) is 19.3 Å². The van der Waals surface area contributed by atoms with Gasteiger partial charge in [0.15, 0.2) is 0 Å². The fourth-order valence-corrected chi connectivity index (χ4v) is 9.35. The summed E-state index contributed by atoms with van der Waals surface area (Å²) in [6, 6.07) is 60.6. The van der Waals surface area contributed by atoms with Crippen LogP contribution in [0, 0.1) is 0 Å². The van der Waals surface area contributed by atoms with Crippen LogP contribution < -0.4 is 4.90 Å². The summed E-state index contributed by atoms with van der Waals surface area (Å²) in [6.45, 7) is 4.72. The summed E-state index contributed by atoms with van der Waals surface area (Å²) in [5.74, 6) is 0. The highest BCUT2D eigenvalue weighted by Gasteiger charge is 2.35. The van der Waals surface area contributed by atoms with Gasteiger partial charge in [-0.05, 0) is 97.4 Å². The summed E-state index contributed by atoms with van der Waals surface area (Å²) in [6.07, 6.45) is 0. The Balaban J connectivity index is 1.14. The molecule has 10 rings (SSSR count). The van der Waals surface area contributed by atoms with Crippen LogP contribution in [0.15, 0.2) is 164 Å². The molecule has 1 aromatic heterocycles. The molecule has 0 aliphatic heterocycles. The van der Waals surface area contributed by atoms with Crippen molar-refractivity contribution in [3.8, 4) is 22.3 Å². The lowest BCUT2D eigenvalue weighted by molar-refractivity contribution is 0.660. The topological polar surface area (TPSA) is 3.24 Å². The highest BCUT2D eigenvalue weighted by atomic mass is 32.1. The van der Waals surface area contributed by atoms with Crippen LogP contribution in [0.25, 0.3) is 64.0 Å². The summed E-state index contributed by atoms with van der Waals surface area (Å²) in [7, 11) is 0. The molecule has 1 aliphatic carbocycles. The highest BCUT2D eigenvalue weighted by molar-refractivity contribution is 7.26. The first-order chi connectivity index (χ1) is 24.0. The van der Waals surface area contributed by atoms with E-state index in [-0.39, 0.29) is 5.41 Å². The molecule has 0 bridgehead atoms. The number of benzene rings is 8. The van der Waals surface area contributed by atoms with E-state index >= 15 is 0 Å². The number of rotatable bonds is 4. The molecule has 0 fully saturated rings. The van der Waals surface area contributed by atoms with Crippen LogP contribution in [-0.4, -0.2) is 0 Å². The predicted molar refractivity (Wildman–Crippen MR) is 212 cm³/mol. The second kappa shape index (κ2) is 10.7. The molecule has 8 aromatic carbocycles. The van der Waals surface area contributed by atoms with E-state index in [0.29, 0.717) is 0 Å². The van der Waals surface area contributed by atoms with Crippen molar-refractivity contribution in [3.63, 3.8) is 0 Å². The van der Waals surface area contributed by atoms with Gasteiger partial charge in [0.2, 0.25) is 0 Å². The van der Waals surface area contributed by atoms with Crippen molar-refractivity contribution in [2.24, 2.45) is 0 Å². The van der Waals surface area contributed by atoms with Gasteiger partial charge in [-0.15, -0.1) is 11.3 Å². The van der Waals surface area contributed by atoms with E-state index in [2.05, 4.69) is 183 Å². The Bertz CT molecular complexity index is 2750. The average molecular weight is 644 g/mol. The molecule has 2 heteroatoms. The van der Waals surface area contributed by atoms with Crippen LogP contribution in [0.3, 0.4) is 0 Å². The molecule has 1 heterocycles. The van der Waals surface area contributed by atoms with Crippen LogP contribution in [-0.2, 0) is 5.41 Å². The van der Waals surface area contributed by atoms with Gasteiger partial charge >= 0.3 is 0 Å². The average Bonchev–Trinajstić information content (AvgIpc) is 3.64. The molecule has 0 unspecified atom stereocenters. The number of hydrogen-bond donors (Lipinski definition) is 0. The lowest BCUT2D eigenvalue weighted by atomic mass is 9.82. The maximum atomic E-state index is 2.44. The fourth-order valence-electron chi connectivity index (χ4n) is 8.08. The van der Waals surface area contributed by atoms with E-state index in [9.17, 15) is 0 Å². The molecule has 0 atom stereocenters.